The molecule has 1 aliphatic rings. The third-order valence-corrected chi connectivity index (χ3v) is 6.29. The monoisotopic (exact) mass is 477 g/mol. The molecule has 9 heteroatoms. The SMILES string of the molecule is COc1cccc(-c2cc3c(N4CCC[C@H](C(=O)NCc5ccc(F)cc5F)C4)nccn3n2)c1. The summed E-state index contributed by atoms with van der Waals surface area (Å²) in [7, 11) is 1.63. The summed E-state index contributed by atoms with van der Waals surface area (Å²) in [5.74, 6) is -0.221. The first-order valence-electron chi connectivity index (χ1n) is 11.5. The lowest BCUT2D eigenvalue weighted by Gasteiger charge is -2.33. The summed E-state index contributed by atoms with van der Waals surface area (Å²) in [6.45, 7) is 1.27. The second-order valence-corrected chi connectivity index (χ2v) is 8.58. The van der Waals surface area contributed by atoms with Crippen LogP contribution in [0.1, 0.15) is 18.4 Å². The number of carbonyl (C=O) groups excluding carboxylic acids is 1. The zero-order chi connectivity index (χ0) is 24.4. The van der Waals surface area contributed by atoms with Crippen LogP contribution < -0.4 is 15.0 Å². The molecule has 7 nitrogen and oxygen atoms in total. The number of benzene rings is 2. The molecule has 35 heavy (non-hydrogen) atoms. The Labute approximate surface area is 201 Å². The first kappa shape index (κ1) is 22.8. The number of halogens is 2. The Bertz CT molecular complexity index is 1370. The van der Waals surface area contributed by atoms with E-state index in [9.17, 15) is 13.6 Å². The van der Waals surface area contributed by atoms with Crippen molar-refractivity contribution in [2.24, 2.45) is 5.92 Å². The Morgan fingerprint density at radius 3 is 2.91 bits per heavy atom. The molecular weight excluding hydrogens is 452 g/mol. The number of fused-ring (bicyclic) bond motifs is 1. The topological polar surface area (TPSA) is 71.8 Å². The number of nitrogens with one attached hydrogen (secondary N) is 1. The van der Waals surface area contributed by atoms with Crippen LogP contribution in [0.3, 0.4) is 0 Å². The number of nitrogens with zero attached hydrogens (tertiary/aromatic N) is 4. The number of amides is 1. The molecule has 1 N–H and O–H groups in total. The zero-order valence-electron chi connectivity index (χ0n) is 19.2. The molecule has 180 valence electrons. The van der Waals surface area contributed by atoms with Gasteiger partial charge in [0.15, 0.2) is 5.82 Å². The molecule has 0 aliphatic carbocycles. The Balaban J connectivity index is 1.33. The van der Waals surface area contributed by atoms with Gasteiger partial charge in [-0.2, -0.15) is 5.10 Å². The molecule has 0 unspecified atom stereocenters. The van der Waals surface area contributed by atoms with Crippen LogP contribution in [0.2, 0.25) is 0 Å². The number of hydrogen-bond donors (Lipinski definition) is 1. The van der Waals surface area contributed by atoms with E-state index in [1.165, 1.54) is 12.1 Å². The van der Waals surface area contributed by atoms with Crippen LogP contribution in [0.5, 0.6) is 5.75 Å². The average Bonchev–Trinajstić information content (AvgIpc) is 3.33. The number of piperidine rings is 1. The molecule has 3 heterocycles. The largest absolute Gasteiger partial charge is 0.497 e. The molecule has 0 bridgehead atoms. The van der Waals surface area contributed by atoms with Crippen LogP contribution in [0.4, 0.5) is 14.6 Å². The molecule has 1 saturated heterocycles. The molecule has 0 saturated carbocycles. The Hall–Kier alpha value is -4.01. The third-order valence-electron chi connectivity index (χ3n) is 6.29. The Morgan fingerprint density at radius 2 is 2.09 bits per heavy atom. The van der Waals surface area contributed by atoms with Gasteiger partial charge in [-0.3, -0.25) is 4.79 Å². The van der Waals surface area contributed by atoms with Crippen molar-refractivity contribution in [1.82, 2.24) is 19.9 Å². The summed E-state index contributed by atoms with van der Waals surface area (Å²) >= 11 is 0. The number of rotatable bonds is 6. The molecular formula is C26H25F2N5O2. The van der Waals surface area contributed by atoms with E-state index in [4.69, 9.17) is 9.84 Å². The van der Waals surface area contributed by atoms with Crippen molar-refractivity contribution in [2.75, 3.05) is 25.1 Å². The smallest absolute Gasteiger partial charge is 0.225 e. The molecule has 2 aromatic heterocycles. The van der Waals surface area contributed by atoms with E-state index in [1.807, 2.05) is 30.3 Å². The summed E-state index contributed by atoms with van der Waals surface area (Å²) in [4.78, 5) is 19.6. The van der Waals surface area contributed by atoms with Gasteiger partial charge in [-0.05, 0) is 37.1 Å². The first-order valence-corrected chi connectivity index (χ1v) is 11.5. The predicted octanol–water partition coefficient (Wildman–Crippen LogP) is 4.22. The van der Waals surface area contributed by atoms with Gasteiger partial charge >= 0.3 is 0 Å². The van der Waals surface area contributed by atoms with Gasteiger partial charge in [-0.1, -0.05) is 18.2 Å². The normalized spacial score (nSPS) is 15.9. The number of methoxy groups -OCH3 is 1. The number of ether oxygens (including phenoxy) is 1. The van der Waals surface area contributed by atoms with Crippen molar-refractivity contribution in [2.45, 2.75) is 19.4 Å². The molecule has 1 amide bonds. The lowest BCUT2D eigenvalue weighted by Crippen LogP contribution is -2.43. The van der Waals surface area contributed by atoms with E-state index < -0.39 is 11.6 Å². The second kappa shape index (κ2) is 9.69. The van der Waals surface area contributed by atoms with Crippen LogP contribution in [0.15, 0.2) is 60.9 Å². The average molecular weight is 478 g/mol. The number of anilines is 1. The standard InChI is InChI=1S/C26H25F2N5O2/c1-35-21-6-2-4-17(12-21)23-14-24-25(29-9-11-33(24)31-23)32-10-3-5-19(16-32)26(34)30-15-18-7-8-20(27)13-22(18)28/h2,4,6-9,11-14,19H,3,5,10,15-16H2,1H3,(H,30,34)/t19-/m0/s1. The quantitative estimate of drug-likeness (QED) is 0.450. The number of hydrogen-bond acceptors (Lipinski definition) is 5. The van der Waals surface area contributed by atoms with Crippen LogP contribution in [-0.2, 0) is 11.3 Å². The minimum absolute atomic E-state index is 0.0157. The fourth-order valence-corrected chi connectivity index (χ4v) is 4.45. The van der Waals surface area contributed by atoms with E-state index in [0.29, 0.717) is 6.54 Å². The van der Waals surface area contributed by atoms with E-state index in [2.05, 4.69) is 15.2 Å². The molecule has 2 aromatic carbocycles. The molecule has 1 fully saturated rings. The molecule has 5 rings (SSSR count). The first-order chi connectivity index (χ1) is 17.0. The van der Waals surface area contributed by atoms with Crippen molar-refractivity contribution in [3.63, 3.8) is 0 Å². The number of aromatic nitrogens is 3. The predicted molar refractivity (Wildman–Crippen MR) is 128 cm³/mol. The Kier molecular flexibility index (Phi) is 6.31. The highest BCUT2D eigenvalue weighted by Gasteiger charge is 2.28. The molecule has 1 atom stereocenters. The molecule has 4 aromatic rings. The van der Waals surface area contributed by atoms with Crippen molar-refractivity contribution in [1.29, 1.82) is 0 Å². The van der Waals surface area contributed by atoms with Gasteiger partial charge < -0.3 is 15.0 Å². The van der Waals surface area contributed by atoms with Crippen molar-refractivity contribution in [3.05, 3.63) is 78.1 Å². The summed E-state index contributed by atoms with van der Waals surface area (Å²) in [5.41, 5.74) is 2.83. The lowest BCUT2D eigenvalue weighted by molar-refractivity contribution is -0.125. The summed E-state index contributed by atoms with van der Waals surface area (Å²) in [6, 6.07) is 13.0. The van der Waals surface area contributed by atoms with E-state index >= 15 is 0 Å². The lowest BCUT2D eigenvalue weighted by atomic mass is 9.97. The minimum atomic E-state index is -0.668. The second-order valence-electron chi connectivity index (χ2n) is 8.58. The van der Waals surface area contributed by atoms with Crippen molar-refractivity contribution < 1.29 is 18.3 Å². The van der Waals surface area contributed by atoms with E-state index in [-0.39, 0.29) is 23.9 Å². The highest BCUT2D eigenvalue weighted by Crippen LogP contribution is 2.29. The maximum Gasteiger partial charge on any atom is 0.225 e. The van der Waals surface area contributed by atoms with Gasteiger partial charge in [0, 0.05) is 49.2 Å². The molecule has 1 aliphatic heterocycles. The highest BCUT2D eigenvalue weighted by atomic mass is 19.1. The van der Waals surface area contributed by atoms with Crippen molar-refractivity contribution in [3.8, 4) is 17.0 Å². The van der Waals surface area contributed by atoms with Gasteiger partial charge in [-0.25, -0.2) is 18.3 Å². The minimum Gasteiger partial charge on any atom is -0.497 e. The molecule has 0 radical (unpaired) electrons. The fraction of sp³-hybridized carbons (Fsp3) is 0.269. The maximum absolute atomic E-state index is 13.9. The molecule has 0 spiro atoms. The summed E-state index contributed by atoms with van der Waals surface area (Å²) in [5, 5.41) is 7.50. The zero-order valence-corrected chi connectivity index (χ0v) is 19.2. The summed E-state index contributed by atoms with van der Waals surface area (Å²) in [6.07, 6.45) is 5.05. The fourth-order valence-electron chi connectivity index (χ4n) is 4.45. The van der Waals surface area contributed by atoms with Crippen LogP contribution in [0, 0.1) is 17.6 Å². The van der Waals surface area contributed by atoms with Crippen LogP contribution in [-0.4, -0.2) is 40.7 Å². The van der Waals surface area contributed by atoms with E-state index in [0.717, 1.165) is 53.8 Å². The highest BCUT2D eigenvalue weighted by molar-refractivity contribution is 5.81. The van der Waals surface area contributed by atoms with Gasteiger partial charge in [0.05, 0.1) is 18.7 Å². The third kappa shape index (κ3) is 4.80. The van der Waals surface area contributed by atoms with Crippen LogP contribution >= 0.6 is 0 Å². The van der Waals surface area contributed by atoms with E-state index in [1.54, 1.807) is 24.0 Å². The van der Waals surface area contributed by atoms with Crippen LogP contribution in [0.25, 0.3) is 16.8 Å². The van der Waals surface area contributed by atoms with Gasteiger partial charge in [0.2, 0.25) is 5.91 Å². The Morgan fingerprint density at radius 1 is 1.20 bits per heavy atom. The summed E-state index contributed by atoms with van der Waals surface area (Å²) < 4.78 is 34.2. The van der Waals surface area contributed by atoms with Gasteiger partial charge in [0.25, 0.3) is 0 Å². The van der Waals surface area contributed by atoms with Gasteiger partial charge in [-0.15, -0.1) is 0 Å². The van der Waals surface area contributed by atoms with Gasteiger partial charge in [0.1, 0.15) is 22.9 Å². The number of carbonyl (C=O) groups is 1. The van der Waals surface area contributed by atoms with Crippen molar-refractivity contribution >= 4 is 17.2 Å². The maximum atomic E-state index is 13.9.